The zero-order valence-corrected chi connectivity index (χ0v) is 17.5. The molecule has 0 aliphatic carbocycles. The van der Waals surface area contributed by atoms with Gasteiger partial charge in [-0.2, -0.15) is 0 Å². The lowest BCUT2D eigenvalue weighted by atomic mass is 9.93. The number of aromatic nitrogens is 2. The van der Waals surface area contributed by atoms with Crippen LogP contribution >= 0.6 is 0 Å². The number of halogens is 1. The number of imidazole rings is 1. The van der Waals surface area contributed by atoms with Crippen LogP contribution in [0.2, 0.25) is 0 Å². The molecule has 5 rings (SSSR count). The number of nitrogens with one attached hydrogen (secondary N) is 1. The van der Waals surface area contributed by atoms with Gasteiger partial charge >= 0.3 is 6.09 Å². The lowest BCUT2D eigenvalue weighted by Gasteiger charge is -2.35. The summed E-state index contributed by atoms with van der Waals surface area (Å²) >= 11 is 0. The van der Waals surface area contributed by atoms with Crippen molar-refractivity contribution in [1.82, 2.24) is 14.9 Å². The standard InChI is InChI=1S/C24H19FN4O4/c1-28(23(31)32)22-26-19-11-10-15(12-20(19)27-22)24(33)17-8-4-3-7-16(17)21(30)29(24)13-14-6-2-5-9-18(14)25/h2-12,33H,13H2,1H3,(H,26,27)(H,31,32). The quantitative estimate of drug-likeness (QED) is 0.443. The van der Waals surface area contributed by atoms with Gasteiger partial charge in [-0.15, -0.1) is 0 Å². The number of nitrogens with zero attached hydrogens (tertiary/aromatic N) is 3. The molecule has 4 aromatic rings. The number of H-pyrrole nitrogens is 1. The van der Waals surface area contributed by atoms with Crippen molar-refractivity contribution in [2.45, 2.75) is 12.3 Å². The van der Waals surface area contributed by atoms with E-state index in [1.807, 2.05) is 0 Å². The van der Waals surface area contributed by atoms with Crippen LogP contribution < -0.4 is 4.90 Å². The van der Waals surface area contributed by atoms with Crippen molar-refractivity contribution in [2.75, 3.05) is 11.9 Å². The molecule has 0 bridgehead atoms. The van der Waals surface area contributed by atoms with E-state index in [0.29, 0.717) is 27.7 Å². The molecular weight excluding hydrogens is 427 g/mol. The molecular formula is C24H19FN4O4. The Labute approximate surface area is 187 Å². The molecule has 0 saturated heterocycles. The fourth-order valence-electron chi connectivity index (χ4n) is 4.16. The number of fused-ring (bicyclic) bond motifs is 2. The fourth-order valence-corrected chi connectivity index (χ4v) is 4.16. The second kappa shape index (κ2) is 7.42. The van der Waals surface area contributed by atoms with Crippen LogP contribution in [0.15, 0.2) is 66.7 Å². The van der Waals surface area contributed by atoms with Gasteiger partial charge in [-0.3, -0.25) is 14.6 Å². The van der Waals surface area contributed by atoms with Gasteiger partial charge in [-0.1, -0.05) is 42.5 Å². The van der Waals surface area contributed by atoms with Gasteiger partial charge < -0.3 is 15.2 Å². The Balaban J connectivity index is 1.65. The first-order valence-electron chi connectivity index (χ1n) is 10.1. The van der Waals surface area contributed by atoms with Gasteiger partial charge in [0.15, 0.2) is 5.72 Å². The van der Waals surface area contributed by atoms with Crippen LogP contribution in [0.4, 0.5) is 15.1 Å². The van der Waals surface area contributed by atoms with Crippen molar-refractivity contribution in [2.24, 2.45) is 0 Å². The molecule has 2 heterocycles. The van der Waals surface area contributed by atoms with Crippen LogP contribution in [0.5, 0.6) is 0 Å². The lowest BCUT2D eigenvalue weighted by Crippen LogP contribution is -2.44. The first kappa shape index (κ1) is 20.7. The summed E-state index contributed by atoms with van der Waals surface area (Å²) in [5, 5.41) is 21.2. The smallest absolute Gasteiger partial charge is 0.413 e. The molecule has 1 atom stereocenters. The molecule has 8 nitrogen and oxygen atoms in total. The summed E-state index contributed by atoms with van der Waals surface area (Å²) in [5.74, 6) is -0.787. The van der Waals surface area contributed by atoms with Crippen LogP contribution in [-0.2, 0) is 12.3 Å². The van der Waals surface area contributed by atoms with E-state index >= 15 is 0 Å². The monoisotopic (exact) mass is 446 g/mol. The maximum atomic E-state index is 14.4. The van der Waals surface area contributed by atoms with Gasteiger partial charge in [0, 0.05) is 29.3 Å². The van der Waals surface area contributed by atoms with E-state index in [0.717, 1.165) is 4.90 Å². The molecule has 1 aromatic heterocycles. The van der Waals surface area contributed by atoms with Crippen LogP contribution in [0.25, 0.3) is 11.0 Å². The Morgan fingerprint density at radius 1 is 1.15 bits per heavy atom. The Hall–Kier alpha value is -4.24. The van der Waals surface area contributed by atoms with Gasteiger partial charge in [0.2, 0.25) is 5.95 Å². The zero-order valence-electron chi connectivity index (χ0n) is 17.5. The zero-order chi connectivity index (χ0) is 23.3. The van der Waals surface area contributed by atoms with E-state index in [-0.39, 0.29) is 18.1 Å². The van der Waals surface area contributed by atoms with Crippen LogP contribution in [0, 0.1) is 5.82 Å². The molecule has 166 valence electrons. The van der Waals surface area contributed by atoms with Gasteiger partial charge in [-0.05, 0) is 24.3 Å². The highest BCUT2D eigenvalue weighted by atomic mass is 19.1. The van der Waals surface area contributed by atoms with Crippen molar-refractivity contribution in [3.8, 4) is 0 Å². The van der Waals surface area contributed by atoms with Crippen molar-refractivity contribution in [3.63, 3.8) is 0 Å². The third kappa shape index (κ3) is 3.13. The minimum atomic E-state index is -1.87. The van der Waals surface area contributed by atoms with E-state index in [1.165, 1.54) is 18.0 Å². The molecule has 0 saturated carbocycles. The Morgan fingerprint density at radius 2 is 1.88 bits per heavy atom. The number of anilines is 1. The number of hydrogen-bond donors (Lipinski definition) is 3. The second-order valence-corrected chi connectivity index (χ2v) is 7.83. The molecule has 0 spiro atoms. The maximum Gasteiger partial charge on any atom is 0.413 e. The Morgan fingerprint density at radius 3 is 2.64 bits per heavy atom. The van der Waals surface area contributed by atoms with Crippen LogP contribution in [-0.4, -0.2) is 44.1 Å². The molecule has 9 heteroatoms. The molecule has 0 radical (unpaired) electrons. The van der Waals surface area contributed by atoms with Gasteiger partial charge in [0.1, 0.15) is 5.82 Å². The van der Waals surface area contributed by atoms with Crippen molar-refractivity contribution < 1.29 is 24.2 Å². The highest BCUT2D eigenvalue weighted by Crippen LogP contribution is 2.43. The van der Waals surface area contributed by atoms with Crippen molar-refractivity contribution in [1.29, 1.82) is 0 Å². The third-order valence-corrected chi connectivity index (χ3v) is 5.93. The number of carbonyl (C=O) groups is 2. The summed E-state index contributed by atoms with van der Waals surface area (Å²) in [7, 11) is 1.36. The van der Waals surface area contributed by atoms with E-state index < -0.39 is 23.5 Å². The summed E-state index contributed by atoms with van der Waals surface area (Å²) in [6.07, 6.45) is -1.18. The van der Waals surface area contributed by atoms with Gasteiger partial charge in [0.05, 0.1) is 17.6 Å². The van der Waals surface area contributed by atoms with Crippen LogP contribution in [0.3, 0.4) is 0 Å². The summed E-state index contributed by atoms with van der Waals surface area (Å²) in [4.78, 5) is 33.9. The van der Waals surface area contributed by atoms with E-state index in [4.69, 9.17) is 0 Å². The maximum absolute atomic E-state index is 14.4. The number of rotatable bonds is 4. The highest BCUT2D eigenvalue weighted by molar-refractivity contribution is 6.00. The number of benzene rings is 3. The number of aliphatic hydroxyl groups is 1. The summed E-state index contributed by atoms with van der Waals surface area (Å²) in [5.41, 5.74) is 0.412. The molecule has 33 heavy (non-hydrogen) atoms. The molecule has 1 unspecified atom stereocenters. The minimum Gasteiger partial charge on any atom is -0.465 e. The summed E-state index contributed by atoms with van der Waals surface area (Å²) < 4.78 is 14.4. The predicted molar refractivity (Wildman–Crippen MR) is 118 cm³/mol. The number of aromatic amines is 1. The summed E-state index contributed by atoms with van der Waals surface area (Å²) in [6.45, 7) is -0.151. The lowest BCUT2D eigenvalue weighted by molar-refractivity contribution is -0.0545. The largest absolute Gasteiger partial charge is 0.465 e. The topological polar surface area (TPSA) is 110 Å². The third-order valence-electron chi connectivity index (χ3n) is 5.93. The normalized spacial score (nSPS) is 17.4. The molecule has 3 aromatic carbocycles. The fraction of sp³-hybridized carbons (Fsp3) is 0.125. The highest BCUT2D eigenvalue weighted by Gasteiger charge is 2.50. The molecule has 1 aliphatic heterocycles. The molecule has 0 fully saturated rings. The average molecular weight is 446 g/mol. The second-order valence-electron chi connectivity index (χ2n) is 7.83. The number of amides is 2. The predicted octanol–water partition coefficient (Wildman–Crippen LogP) is 3.67. The van der Waals surface area contributed by atoms with E-state index in [9.17, 15) is 24.2 Å². The van der Waals surface area contributed by atoms with Gasteiger partial charge in [0.25, 0.3) is 5.91 Å². The number of carboxylic acid groups (broad SMARTS) is 1. The average Bonchev–Trinajstić information content (AvgIpc) is 3.33. The molecule has 1 aliphatic rings. The van der Waals surface area contributed by atoms with E-state index in [2.05, 4.69) is 9.97 Å². The Kier molecular flexibility index (Phi) is 4.64. The van der Waals surface area contributed by atoms with Gasteiger partial charge in [-0.25, -0.2) is 14.2 Å². The minimum absolute atomic E-state index is 0.118. The Bertz CT molecular complexity index is 1420. The van der Waals surface area contributed by atoms with Crippen molar-refractivity contribution in [3.05, 3.63) is 94.8 Å². The first-order chi connectivity index (χ1) is 15.8. The number of hydrogen-bond acceptors (Lipinski definition) is 4. The summed E-state index contributed by atoms with van der Waals surface area (Å²) in [6, 6.07) is 17.7. The first-order valence-corrected chi connectivity index (χ1v) is 10.1. The van der Waals surface area contributed by atoms with Crippen molar-refractivity contribution >= 4 is 29.0 Å². The number of carbonyl (C=O) groups excluding carboxylic acids is 1. The molecule has 3 N–H and O–H groups in total. The van der Waals surface area contributed by atoms with E-state index in [1.54, 1.807) is 60.7 Å². The SMILES string of the molecule is CN(C(=O)O)c1nc2cc(C3(O)c4ccccc4C(=O)N3Cc3ccccc3F)ccc2[nH]1. The molecule has 2 amide bonds. The van der Waals surface area contributed by atoms with Crippen LogP contribution in [0.1, 0.15) is 27.0 Å².